The standard InChI is InChI=1S/C41H49B2N/c1-22-16-31-39-32(17-22)43(21-41(5,6)7)36-34-26-14-10-24(11-15-26)28(34)19-30-29-18-27-23-8-12-25(13-9-23)33(27)35(37(29)44(39)38(30)36)42(31)20-40(2,3)4/h16-19,23-26H,8-15,20-21H2,1-7H3. The molecule has 44 heavy (non-hydrogen) atoms. The molecule has 0 amide bonds. The zero-order valence-corrected chi connectivity index (χ0v) is 28.3. The fourth-order valence-corrected chi connectivity index (χ4v) is 12.0. The van der Waals surface area contributed by atoms with Gasteiger partial charge in [0.1, 0.15) is 0 Å². The molecule has 0 saturated heterocycles. The van der Waals surface area contributed by atoms with Crippen molar-refractivity contribution in [1.82, 2.24) is 4.57 Å². The lowest BCUT2D eigenvalue weighted by atomic mass is 9.29. The summed E-state index contributed by atoms with van der Waals surface area (Å²) in [5, 5.41) is 3.22. The molecule has 8 aliphatic rings. The first kappa shape index (κ1) is 26.8. The molecule has 0 N–H and O–H groups in total. The Balaban J connectivity index is 1.44. The number of aryl methyl sites for hydroxylation is 1. The Morgan fingerprint density at radius 3 is 1.36 bits per heavy atom. The van der Waals surface area contributed by atoms with Crippen molar-refractivity contribution >= 4 is 57.1 Å². The predicted molar refractivity (Wildman–Crippen MR) is 192 cm³/mol. The van der Waals surface area contributed by atoms with Gasteiger partial charge >= 0.3 is 0 Å². The molecule has 1 aromatic heterocycles. The van der Waals surface area contributed by atoms with Gasteiger partial charge in [-0.25, -0.2) is 0 Å². The molecule has 4 bridgehead atoms. The molecule has 0 atom stereocenters. The number of nitrogens with zero attached hydrogens (tertiary/aromatic N) is 1. The molecule has 2 saturated carbocycles. The van der Waals surface area contributed by atoms with E-state index < -0.39 is 0 Å². The van der Waals surface area contributed by atoms with Crippen molar-refractivity contribution in [3.63, 3.8) is 0 Å². The van der Waals surface area contributed by atoms with Crippen molar-refractivity contribution in [3.05, 3.63) is 52.1 Å². The molecular weight excluding hydrogens is 528 g/mol. The maximum atomic E-state index is 2.91. The van der Waals surface area contributed by atoms with Crippen LogP contribution in [0.15, 0.2) is 24.3 Å². The third kappa shape index (κ3) is 3.40. The van der Waals surface area contributed by atoms with Crippen LogP contribution in [0.2, 0.25) is 12.6 Å². The van der Waals surface area contributed by atoms with Gasteiger partial charge in [-0.3, -0.25) is 0 Å². The minimum absolute atomic E-state index is 0.265. The summed E-state index contributed by atoms with van der Waals surface area (Å²) in [6.07, 6.45) is 13.7. The van der Waals surface area contributed by atoms with Crippen molar-refractivity contribution in [2.45, 2.75) is 136 Å². The number of hydrogen-bond acceptors (Lipinski definition) is 0. The lowest BCUT2D eigenvalue weighted by molar-refractivity contribution is 0.360. The molecular formula is C41H49B2N. The molecule has 6 aliphatic carbocycles. The van der Waals surface area contributed by atoms with Gasteiger partial charge in [-0.05, 0) is 138 Å². The van der Waals surface area contributed by atoms with Gasteiger partial charge in [0.25, 0.3) is 0 Å². The van der Waals surface area contributed by atoms with Crippen LogP contribution < -0.4 is 21.9 Å². The first-order chi connectivity index (χ1) is 21.0. The third-order valence-electron chi connectivity index (χ3n) is 13.3. The second-order valence-electron chi connectivity index (χ2n) is 18.7. The summed E-state index contributed by atoms with van der Waals surface area (Å²) in [7, 11) is 0. The first-order valence-electron chi connectivity index (χ1n) is 18.3. The van der Waals surface area contributed by atoms with Crippen LogP contribution in [0.25, 0.3) is 27.5 Å². The Bertz CT molecular complexity index is 1790. The lowest BCUT2D eigenvalue weighted by Gasteiger charge is -2.45. The summed E-state index contributed by atoms with van der Waals surface area (Å²) in [5.41, 5.74) is 20.8. The summed E-state index contributed by atoms with van der Waals surface area (Å²) in [6, 6.07) is 10.8. The van der Waals surface area contributed by atoms with Crippen LogP contribution in [-0.2, 0) is 0 Å². The van der Waals surface area contributed by atoms with E-state index in [0.29, 0.717) is 13.4 Å². The van der Waals surface area contributed by atoms with Crippen LogP contribution in [0.4, 0.5) is 0 Å². The molecule has 3 aromatic carbocycles. The summed E-state index contributed by atoms with van der Waals surface area (Å²) in [4.78, 5) is 0. The van der Waals surface area contributed by atoms with Crippen molar-refractivity contribution in [2.24, 2.45) is 10.8 Å². The Morgan fingerprint density at radius 1 is 0.591 bits per heavy atom. The van der Waals surface area contributed by atoms with E-state index in [-0.39, 0.29) is 10.8 Å². The lowest BCUT2D eigenvalue weighted by Crippen LogP contribution is -2.59. The molecule has 4 aromatic rings. The molecule has 0 unspecified atom stereocenters. The van der Waals surface area contributed by atoms with Crippen molar-refractivity contribution in [1.29, 1.82) is 0 Å². The van der Waals surface area contributed by atoms with E-state index in [2.05, 4.69) is 77.3 Å². The van der Waals surface area contributed by atoms with Gasteiger partial charge in [0, 0.05) is 27.5 Å². The van der Waals surface area contributed by atoms with Crippen LogP contribution >= 0.6 is 0 Å². The SMILES string of the molecule is Cc1cc2c3c(c1)B(CC(C)(C)C)c1c4c(cc5c6cc7c(c(c6n-3c15)B2CC(C)(C)C)C1CCC7CC1)C1CCC4CC1. The minimum Gasteiger partial charge on any atom is -0.311 e. The summed E-state index contributed by atoms with van der Waals surface area (Å²) in [5.74, 6) is 3.06. The van der Waals surface area contributed by atoms with Crippen LogP contribution in [0.3, 0.4) is 0 Å². The van der Waals surface area contributed by atoms with E-state index in [4.69, 9.17) is 0 Å². The molecule has 2 aliphatic heterocycles. The van der Waals surface area contributed by atoms with Crippen LogP contribution in [-0.4, -0.2) is 18.0 Å². The van der Waals surface area contributed by atoms with Gasteiger partial charge < -0.3 is 4.57 Å². The van der Waals surface area contributed by atoms with E-state index in [0.717, 1.165) is 23.7 Å². The Hall–Kier alpha value is -2.41. The van der Waals surface area contributed by atoms with E-state index in [1.54, 1.807) is 60.5 Å². The molecule has 0 spiro atoms. The fraction of sp³-hybridized carbons (Fsp3) is 0.561. The highest BCUT2D eigenvalue weighted by Crippen LogP contribution is 2.54. The Morgan fingerprint density at radius 2 is 0.977 bits per heavy atom. The number of aromatic nitrogens is 1. The van der Waals surface area contributed by atoms with Crippen molar-refractivity contribution in [3.8, 4) is 5.69 Å². The average Bonchev–Trinajstić information content (AvgIpc) is 3.30. The van der Waals surface area contributed by atoms with Gasteiger partial charge in [0.2, 0.25) is 13.4 Å². The highest BCUT2D eigenvalue weighted by molar-refractivity contribution is 6.93. The molecule has 224 valence electrons. The summed E-state index contributed by atoms with van der Waals surface area (Å²) in [6.45, 7) is 18.3. The normalized spacial score (nSPS) is 25.9. The predicted octanol–water partition coefficient (Wildman–Crippen LogP) is 8.54. The highest BCUT2D eigenvalue weighted by atomic mass is 15.0. The van der Waals surface area contributed by atoms with Gasteiger partial charge in [-0.1, -0.05) is 82.8 Å². The van der Waals surface area contributed by atoms with E-state index in [1.165, 1.54) is 69.6 Å². The first-order valence-corrected chi connectivity index (χ1v) is 18.3. The van der Waals surface area contributed by atoms with Gasteiger partial charge in [0.15, 0.2) is 0 Å². The summed E-state index contributed by atoms with van der Waals surface area (Å²) >= 11 is 0. The van der Waals surface area contributed by atoms with Crippen molar-refractivity contribution < 1.29 is 0 Å². The van der Waals surface area contributed by atoms with E-state index >= 15 is 0 Å². The quantitative estimate of drug-likeness (QED) is 0.211. The van der Waals surface area contributed by atoms with Crippen LogP contribution in [0.1, 0.15) is 144 Å². The monoisotopic (exact) mass is 577 g/mol. The second-order valence-corrected chi connectivity index (χ2v) is 18.7. The van der Waals surface area contributed by atoms with E-state index in [1.807, 2.05) is 11.1 Å². The van der Waals surface area contributed by atoms with Gasteiger partial charge in [0.05, 0.1) is 0 Å². The second kappa shape index (κ2) is 8.48. The summed E-state index contributed by atoms with van der Waals surface area (Å²) < 4.78 is 2.91. The zero-order valence-electron chi connectivity index (χ0n) is 28.3. The number of benzene rings is 3. The number of fused-ring (bicyclic) bond motifs is 5. The van der Waals surface area contributed by atoms with E-state index in [9.17, 15) is 0 Å². The zero-order chi connectivity index (χ0) is 30.0. The van der Waals surface area contributed by atoms with Crippen molar-refractivity contribution in [2.75, 3.05) is 0 Å². The minimum atomic E-state index is 0.265. The third-order valence-corrected chi connectivity index (χ3v) is 13.3. The fourth-order valence-electron chi connectivity index (χ4n) is 12.0. The molecule has 12 rings (SSSR count). The van der Waals surface area contributed by atoms with Crippen LogP contribution in [0.5, 0.6) is 0 Å². The maximum Gasteiger partial charge on any atom is 0.215 e. The van der Waals surface area contributed by atoms with Gasteiger partial charge in [-0.15, -0.1) is 0 Å². The largest absolute Gasteiger partial charge is 0.311 e. The smallest absolute Gasteiger partial charge is 0.215 e. The van der Waals surface area contributed by atoms with Gasteiger partial charge in [-0.2, -0.15) is 0 Å². The number of hydrogen-bond donors (Lipinski definition) is 0. The Labute approximate surface area is 265 Å². The topological polar surface area (TPSA) is 4.93 Å². The number of rotatable bonds is 2. The Kier molecular flexibility index (Phi) is 5.16. The maximum absolute atomic E-state index is 2.91. The average molecular weight is 577 g/mol. The highest BCUT2D eigenvalue weighted by Gasteiger charge is 2.48. The molecule has 2 fully saturated rings. The molecule has 1 nitrogen and oxygen atoms in total. The molecule has 0 radical (unpaired) electrons. The molecule has 3 heterocycles. The molecule has 3 heteroatoms. The van der Waals surface area contributed by atoms with Crippen LogP contribution in [0, 0.1) is 17.8 Å².